The second kappa shape index (κ2) is 4.89. The molecule has 18 heavy (non-hydrogen) atoms. The van der Waals surface area contributed by atoms with E-state index in [4.69, 9.17) is 0 Å². The summed E-state index contributed by atoms with van der Waals surface area (Å²) in [6.07, 6.45) is 8.15. The minimum absolute atomic E-state index is 0.721. The number of nitrogens with zero attached hydrogens (tertiary/aromatic N) is 5. The van der Waals surface area contributed by atoms with Crippen molar-refractivity contribution in [2.24, 2.45) is 0 Å². The van der Waals surface area contributed by atoms with Gasteiger partial charge in [-0.25, -0.2) is 14.6 Å². The molecule has 0 unspecified atom stereocenters. The number of imidazole rings is 1. The largest absolute Gasteiger partial charge is 0.330 e. The van der Waals surface area contributed by atoms with Crippen LogP contribution in [0.25, 0.3) is 0 Å². The van der Waals surface area contributed by atoms with Crippen LogP contribution < -0.4 is 5.32 Å². The Morgan fingerprint density at radius 1 is 1.39 bits per heavy atom. The zero-order valence-electron chi connectivity index (χ0n) is 10.6. The molecule has 0 spiro atoms. The first kappa shape index (κ1) is 11.4. The Labute approximate surface area is 106 Å². The maximum Gasteiger partial charge on any atom is 0.146 e. The van der Waals surface area contributed by atoms with E-state index in [0.29, 0.717) is 0 Å². The lowest BCUT2D eigenvalue weighted by atomic mass is 10.4. The topological polar surface area (TPSA) is 60.6 Å². The van der Waals surface area contributed by atoms with E-state index in [1.165, 1.54) is 12.8 Å². The highest BCUT2D eigenvalue weighted by molar-refractivity contribution is 5.00. The van der Waals surface area contributed by atoms with Gasteiger partial charge in [0.25, 0.3) is 0 Å². The number of hydrogen-bond donors (Lipinski definition) is 1. The second-order valence-electron chi connectivity index (χ2n) is 4.68. The molecule has 0 aromatic carbocycles. The lowest BCUT2D eigenvalue weighted by molar-refractivity contribution is 0.591. The molecule has 2 heterocycles. The van der Waals surface area contributed by atoms with Gasteiger partial charge < -0.3 is 9.88 Å². The molecule has 0 bridgehead atoms. The SMILES string of the molecule is CCn1ncnc1Cn1cnc(CNC2CC2)c1. The van der Waals surface area contributed by atoms with Crippen LogP contribution in [0.15, 0.2) is 18.9 Å². The molecule has 6 nitrogen and oxygen atoms in total. The van der Waals surface area contributed by atoms with Crippen molar-refractivity contribution in [2.75, 3.05) is 0 Å². The maximum absolute atomic E-state index is 4.39. The Balaban J connectivity index is 1.61. The highest BCUT2D eigenvalue weighted by Gasteiger charge is 2.20. The summed E-state index contributed by atoms with van der Waals surface area (Å²) in [5.41, 5.74) is 1.09. The Kier molecular flexibility index (Phi) is 3.10. The molecule has 0 amide bonds. The number of hydrogen-bond acceptors (Lipinski definition) is 4. The molecule has 96 valence electrons. The van der Waals surface area contributed by atoms with Crippen LogP contribution >= 0.6 is 0 Å². The molecule has 0 aliphatic heterocycles. The van der Waals surface area contributed by atoms with Crippen molar-refractivity contribution in [3.05, 3.63) is 30.4 Å². The molecule has 1 N–H and O–H groups in total. The molecule has 1 aliphatic rings. The number of aryl methyl sites for hydroxylation is 1. The summed E-state index contributed by atoms with van der Waals surface area (Å²) in [6.45, 7) is 4.50. The normalized spacial score (nSPS) is 15.2. The molecule has 2 aromatic heterocycles. The summed E-state index contributed by atoms with van der Waals surface area (Å²) in [5, 5.41) is 7.62. The van der Waals surface area contributed by atoms with Gasteiger partial charge in [0.1, 0.15) is 12.2 Å². The third-order valence-electron chi connectivity index (χ3n) is 3.16. The van der Waals surface area contributed by atoms with Gasteiger partial charge in [-0.2, -0.15) is 5.10 Å². The molecule has 0 radical (unpaired) electrons. The van der Waals surface area contributed by atoms with Crippen molar-refractivity contribution in [3.63, 3.8) is 0 Å². The van der Waals surface area contributed by atoms with Crippen LogP contribution in [-0.2, 0) is 19.6 Å². The van der Waals surface area contributed by atoms with Crippen LogP contribution in [0, 0.1) is 0 Å². The van der Waals surface area contributed by atoms with Gasteiger partial charge in [-0.3, -0.25) is 0 Å². The molecular weight excluding hydrogens is 228 g/mol. The molecule has 3 rings (SSSR count). The van der Waals surface area contributed by atoms with Crippen LogP contribution in [0.4, 0.5) is 0 Å². The highest BCUT2D eigenvalue weighted by atomic mass is 15.3. The van der Waals surface area contributed by atoms with Gasteiger partial charge in [0.2, 0.25) is 0 Å². The smallest absolute Gasteiger partial charge is 0.146 e. The summed E-state index contributed by atoms with van der Waals surface area (Å²) in [6, 6.07) is 0.721. The average Bonchev–Trinajstić information content (AvgIpc) is 2.93. The lowest BCUT2D eigenvalue weighted by Gasteiger charge is -2.03. The fourth-order valence-electron chi connectivity index (χ4n) is 1.96. The van der Waals surface area contributed by atoms with Gasteiger partial charge in [-0.1, -0.05) is 0 Å². The highest BCUT2D eigenvalue weighted by Crippen LogP contribution is 2.18. The van der Waals surface area contributed by atoms with Crippen molar-refractivity contribution in [3.8, 4) is 0 Å². The van der Waals surface area contributed by atoms with Crippen molar-refractivity contribution in [1.29, 1.82) is 0 Å². The van der Waals surface area contributed by atoms with Gasteiger partial charge in [0.05, 0.1) is 18.6 Å². The first-order chi connectivity index (χ1) is 8.85. The standard InChI is InChI=1S/C12H18N6/c1-2-18-12(14-8-16-18)7-17-6-11(15-9-17)5-13-10-3-4-10/h6,8-10,13H,2-5,7H2,1H3. The molecule has 0 atom stereocenters. The zero-order valence-corrected chi connectivity index (χ0v) is 10.6. The summed E-state index contributed by atoms with van der Waals surface area (Å²) < 4.78 is 3.96. The minimum Gasteiger partial charge on any atom is -0.330 e. The third kappa shape index (κ3) is 2.59. The van der Waals surface area contributed by atoms with E-state index >= 15 is 0 Å². The maximum atomic E-state index is 4.39. The van der Waals surface area contributed by atoms with E-state index in [0.717, 1.165) is 37.2 Å². The number of nitrogens with one attached hydrogen (secondary N) is 1. The fourth-order valence-corrected chi connectivity index (χ4v) is 1.96. The van der Waals surface area contributed by atoms with Crippen LogP contribution in [0.1, 0.15) is 31.3 Å². The van der Waals surface area contributed by atoms with Crippen molar-refractivity contribution < 1.29 is 0 Å². The monoisotopic (exact) mass is 246 g/mol. The second-order valence-corrected chi connectivity index (χ2v) is 4.68. The van der Waals surface area contributed by atoms with Crippen LogP contribution in [-0.4, -0.2) is 30.4 Å². The van der Waals surface area contributed by atoms with Gasteiger partial charge in [0.15, 0.2) is 0 Å². The molecule has 6 heteroatoms. The number of aromatic nitrogens is 5. The Morgan fingerprint density at radius 2 is 2.28 bits per heavy atom. The van der Waals surface area contributed by atoms with Crippen LogP contribution in [0.3, 0.4) is 0 Å². The minimum atomic E-state index is 0.721. The predicted molar refractivity (Wildman–Crippen MR) is 66.9 cm³/mol. The molecule has 1 aliphatic carbocycles. The van der Waals surface area contributed by atoms with Gasteiger partial charge >= 0.3 is 0 Å². The summed E-state index contributed by atoms with van der Waals surface area (Å²) in [5.74, 6) is 0.969. The van der Waals surface area contributed by atoms with E-state index in [1.54, 1.807) is 6.33 Å². The quantitative estimate of drug-likeness (QED) is 0.819. The Morgan fingerprint density at radius 3 is 3.06 bits per heavy atom. The summed E-state index contributed by atoms with van der Waals surface area (Å²) in [4.78, 5) is 8.66. The van der Waals surface area contributed by atoms with Gasteiger partial charge in [-0.15, -0.1) is 0 Å². The average molecular weight is 246 g/mol. The summed E-state index contributed by atoms with van der Waals surface area (Å²) in [7, 11) is 0. The predicted octanol–water partition coefficient (Wildman–Crippen LogP) is 0.795. The van der Waals surface area contributed by atoms with E-state index in [9.17, 15) is 0 Å². The molecule has 2 aromatic rings. The Bertz CT molecular complexity index is 510. The van der Waals surface area contributed by atoms with E-state index in [2.05, 4.69) is 38.1 Å². The summed E-state index contributed by atoms with van der Waals surface area (Å²) >= 11 is 0. The van der Waals surface area contributed by atoms with Crippen LogP contribution in [0.2, 0.25) is 0 Å². The van der Waals surface area contributed by atoms with E-state index in [-0.39, 0.29) is 0 Å². The number of rotatable bonds is 6. The Hall–Kier alpha value is -1.69. The van der Waals surface area contributed by atoms with Crippen molar-refractivity contribution >= 4 is 0 Å². The fraction of sp³-hybridized carbons (Fsp3) is 0.583. The van der Waals surface area contributed by atoms with E-state index in [1.807, 2.05) is 11.0 Å². The van der Waals surface area contributed by atoms with E-state index < -0.39 is 0 Å². The van der Waals surface area contributed by atoms with Gasteiger partial charge in [-0.05, 0) is 19.8 Å². The third-order valence-corrected chi connectivity index (χ3v) is 3.16. The van der Waals surface area contributed by atoms with Crippen molar-refractivity contribution in [2.45, 2.75) is 45.4 Å². The van der Waals surface area contributed by atoms with Crippen molar-refractivity contribution in [1.82, 2.24) is 29.6 Å². The first-order valence-electron chi connectivity index (χ1n) is 6.46. The molecular formula is C12H18N6. The molecule has 1 saturated carbocycles. The zero-order chi connectivity index (χ0) is 12.4. The first-order valence-corrected chi connectivity index (χ1v) is 6.46. The lowest BCUT2D eigenvalue weighted by Crippen LogP contribution is -2.15. The van der Waals surface area contributed by atoms with Crippen LogP contribution in [0.5, 0.6) is 0 Å². The molecule has 1 fully saturated rings. The molecule has 0 saturated heterocycles. The van der Waals surface area contributed by atoms with Gasteiger partial charge in [0, 0.05) is 25.3 Å².